The van der Waals surface area contributed by atoms with E-state index >= 15 is 0 Å². The van der Waals surface area contributed by atoms with Crippen molar-refractivity contribution in [3.63, 3.8) is 0 Å². The number of carbonyl (C=O) groups is 1. The number of aromatic nitrogens is 2. The van der Waals surface area contributed by atoms with Crippen LogP contribution in [-0.2, 0) is 10.0 Å². The lowest BCUT2D eigenvalue weighted by Gasteiger charge is -2.11. The molecule has 0 atom stereocenters. The molecule has 0 aliphatic heterocycles. The third-order valence-electron chi connectivity index (χ3n) is 3.56. The summed E-state index contributed by atoms with van der Waals surface area (Å²) in [7, 11) is -4.18. The van der Waals surface area contributed by atoms with E-state index in [-0.39, 0.29) is 27.3 Å². The Morgan fingerprint density at radius 2 is 1.96 bits per heavy atom. The van der Waals surface area contributed by atoms with Crippen molar-refractivity contribution in [2.45, 2.75) is 4.90 Å². The molecule has 0 bridgehead atoms. The molecule has 0 amide bonds. The second-order valence-corrected chi connectivity index (χ2v) is 6.82. The van der Waals surface area contributed by atoms with Crippen LogP contribution in [0.5, 0.6) is 0 Å². The lowest BCUT2D eigenvalue weighted by atomic mass is 10.1. The zero-order valence-corrected chi connectivity index (χ0v) is 13.4. The van der Waals surface area contributed by atoms with Crippen LogP contribution in [0.15, 0.2) is 59.9 Å². The summed E-state index contributed by atoms with van der Waals surface area (Å²) in [5, 5.41) is 9.38. The Morgan fingerprint density at radius 1 is 1.20 bits per heavy atom. The van der Waals surface area contributed by atoms with Gasteiger partial charge in [0, 0.05) is 24.2 Å². The minimum absolute atomic E-state index is 0.0976. The summed E-state index contributed by atoms with van der Waals surface area (Å²) in [4.78, 5) is 14.9. The second kappa shape index (κ2) is 6.30. The van der Waals surface area contributed by atoms with Gasteiger partial charge < -0.3 is 0 Å². The van der Waals surface area contributed by atoms with Crippen LogP contribution in [0.1, 0.15) is 15.9 Å². The number of pyridine rings is 1. The van der Waals surface area contributed by atoms with Gasteiger partial charge in [0.15, 0.2) is 6.29 Å². The topological polar surface area (TPSA) is 92.8 Å². The van der Waals surface area contributed by atoms with Gasteiger partial charge in [0.2, 0.25) is 0 Å². The highest BCUT2D eigenvalue weighted by molar-refractivity contribution is 7.90. The standard InChI is InChI=1S/C17H10FN3O3S/c18-16-6-2-1-5-14(16)17-15(8-19)12(11-22)10-21(17)25(23,24)13-4-3-7-20-9-13/h1-7,9-11H. The maximum absolute atomic E-state index is 14.3. The molecule has 0 spiro atoms. The number of carbonyl (C=O) groups excluding carboxylic acids is 1. The van der Waals surface area contributed by atoms with Crippen molar-refractivity contribution in [1.29, 1.82) is 5.26 Å². The molecule has 3 aromatic rings. The number of nitriles is 1. The molecule has 6 nitrogen and oxygen atoms in total. The zero-order chi connectivity index (χ0) is 18.0. The Morgan fingerprint density at radius 3 is 2.56 bits per heavy atom. The van der Waals surface area contributed by atoms with Gasteiger partial charge in [-0.1, -0.05) is 12.1 Å². The van der Waals surface area contributed by atoms with E-state index in [0.717, 1.165) is 22.4 Å². The normalized spacial score (nSPS) is 11.0. The van der Waals surface area contributed by atoms with E-state index in [4.69, 9.17) is 0 Å². The summed E-state index contributed by atoms with van der Waals surface area (Å²) in [6, 6.07) is 9.97. The van der Waals surface area contributed by atoms with Crippen molar-refractivity contribution in [1.82, 2.24) is 8.96 Å². The van der Waals surface area contributed by atoms with E-state index in [0.29, 0.717) is 6.29 Å². The molecule has 0 saturated heterocycles. The van der Waals surface area contributed by atoms with Crippen LogP contribution in [-0.4, -0.2) is 23.7 Å². The molecule has 3 rings (SSSR count). The Kier molecular flexibility index (Phi) is 4.17. The molecular formula is C17H10FN3O3S. The molecule has 0 aliphatic rings. The van der Waals surface area contributed by atoms with Crippen LogP contribution in [0, 0.1) is 17.1 Å². The maximum atomic E-state index is 14.3. The number of halogens is 1. The van der Waals surface area contributed by atoms with E-state index in [9.17, 15) is 22.9 Å². The molecule has 8 heteroatoms. The predicted octanol–water partition coefficient (Wildman–Crippen LogP) is 2.61. The average molecular weight is 355 g/mol. The first kappa shape index (κ1) is 16.5. The highest BCUT2D eigenvalue weighted by Crippen LogP contribution is 2.32. The van der Waals surface area contributed by atoms with Crippen molar-refractivity contribution in [2.75, 3.05) is 0 Å². The summed E-state index contributed by atoms with van der Waals surface area (Å²) in [5.74, 6) is -0.711. The molecule has 0 fully saturated rings. The van der Waals surface area contributed by atoms with Gasteiger partial charge in [-0.25, -0.2) is 16.8 Å². The van der Waals surface area contributed by atoms with Gasteiger partial charge in [-0.2, -0.15) is 5.26 Å². The van der Waals surface area contributed by atoms with Gasteiger partial charge in [0.1, 0.15) is 16.8 Å². The fourth-order valence-corrected chi connectivity index (χ4v) is 3.77. The van der Waals surface area contributed by atoms with Crippen LogP contribution in [0.2, 0.25) is 0 Å². The van der Waals surface area contributed by atoms with Crippen LogP contribution >= 0.6 is 0 Å². The largest absolute Gasteiger partial charge is 0.298 e. The van der Waals surface area contributed by atoms with E-state index in [1.54, 1.807) is 6.07 Å². The van der Waals surface area contributed by atoms with Gasteiger partial charge in [-0.3, -0.25) is 9.78 Å². The number of benzene rings is 1. The molecule has 0 radical (unpaired) electrons. The second-order valence-electron chi connectivity index (χ2n) is 5.01. The molecular weight excluding hydrogens is 345 g/mol. The third kappa shape index (κ3) is 2.70. The van der Waals surface area contributed by atoms with Gasteiger partial charge in [0.25, 0.3) is 10.0 Å². The molecule has 2 heterocycles. The Bertz CT molecular complexity index is 1100. The summed E-state index contributed by atoms with van der Waals surface area (Å²) in [6.07, 6.45) is 3.91. The lowest BCUT2D eigenvalue weighted by molar-refractivity contribution is 0.112. The van der Waals surface area contributed by atoms with E-state index in [2.05, 4.69) is 4.98 Å². The minimum Gasteiger partial charge on any atom is -0.298 e. The Balaban J connectivity index is 2.40. The van der Waals surface area contributed by atoms with E-state index in [1.807, 2.05) is 0 Å². The third-order valence-corrected chi connectivity index (χ3v) is 5.20. The quantitative estimate of drug-likeness (QED) is 0.671. The SMILES string of the molecule is N#Cc1c(C=O)cn(S(=O)(=O)c2cccnc2)c1-c1ccccc1F. The van der Waals surface area contributed by atoms with Gasteiger partial charge in [-0.15, -0.1) is 0 Å². The first-order valence-electron chi connectivity index (χ1n) is 7.02. The maximum Gasteiger partial charge on any atom is 0.269 e. The molecule has 2 aromatic heterocycles. The summed E-state index contributed by atoms with van der Waals surface area (Å²) >= 11 is 0. The first-order chi connectivity index (χ1) is 12.0. The van der Waals surface area contributed by atoms with Crippen LogP contribution < -0.4 is 0 Å². The highest BCUT2D eigenvalue weighted by atomic mass is 32.2. The Hall–Kier alpha value is -3.31. The van der Waals surface area contributed by atoms with Gasteiger partial charge in [-0.05, 0) is 24.3 Å². The van der Waals surface area contributed by atoms with Crippen LogP contribution in [0.4, 0.5) is 4.39 Å². The fourth-order valence-electron chi connectivity index (χ4n) is 2.42. The van der Waals surface area contributed by atoms with E-state index in [1.165, 1.54) is 36.5 Å². The van der Waals surface area contributed by atoms with Gasteiger partial charge >= 0.3 is 0 Å². The minimum atomic E-state index is -4.18. The Labute approximate surface area is 142 Å². The van der Waals surface area contributed by atoms with Crippen LogP contribution in [0.3, 0.4) is 0 Å². The fraction of sp³-hybridized carbons (Fsp3) is 0. The molecule has 25 heavy (non-hydrogen) atoms. The molecule has 1 aromatic carbocycles. The first-order valence-corrected chi connectivity index (χ1v) is 8.46. The van der Waals surface area contributed by atoms with Crippen LogP contribution in [0.25, 0.3) is 11.3 Å². The molecule has 0 aliphatic carbocycles. The molecule has 0 saturated carbocycles. The molecule has 0 N–H and O–H groups in total. The van der Waals surface area contributed by atoms with Crippen molar-refractivity contribution in [3.8, 4) is 17.3 Å². The van der Waals surface area contributed by atoms with Gasteiger partial charge in [0.05, 0.1) is 16.8 Å². The van der Waals surface area contributed by atoms with Crippen molar-refractivity contribution in [3.05, 3.63) is 71.9 Å². The summed E-state index contributed by atoms with van der Waals surface area (Å²) in [5.41, 5.74) is -0.660. The number of hydrogen-bond donors (Lipinski definition) is 0. The average Bonchev–Trinajstić information content (AvgIpc) is 3.02. The highest BCUT2D eigenvalue weighted by Gasteiger charge is 2.27. The predicted molar refractivity (Wildman–Crippen MR) is 86.7 cm³/mol. The summed E-state index contributed by atoms with van der Waals surface area (Å²) < 4.78 is 40.8. The summed E-state index contributed by atoms with van der Waals surface area (Å²) in [6.45, 7) is 0. The number of nitrogens with zero attached hydrogens (tertiary/aromatic N) is 3. The number of aldehydes is 1. The number of rotatable bonds is 4. The molecule has 0 unspecified atom stereocenters. The smallest absolute Gasteiger partial charge is 0.269 e. The monoisotopic (exact) mass is 355 g/mol. The lowest BCUT2D eigenvalue weighted by Crippen LogP contribution is -2.14. The van der Waals surface area contributed by atoms with Crippen molar-refractivity contribution in [2.24, 2.45) is 0 Å². The van der Waals surface area contributed by atoms with E-state index < -0.39 is 15.8 Å². The van der Waals surface area contributed by atoms with Crippen molar-refractivity contribution >= 4 is 16.3 Å². The zero-order valence-electron chi connectivity index (χ0n) is 12.6. The molecule has 124 valence electrons. The number of hydrogen-bond acceptors (Lipinski definition) is 5. The van der Waals surface area contributed by atoms with Crippen molar-refractivity contribution < 1.29 is 17.6 Å².